The number of hydrogen-bond donors (Lipinski definition) is 2. The molecule has 1 aliphatic heterocycles. The number of nitrogens with one attached hydrogen (secondary N) is 2. The van der Waals surface area contributed by atoms with Crippen LogP contribution in [0.3, 0.4) is 0 Å². The van der Waals surface area contributed by atoms with Gasteiger partial charge in [0.1, 0.15) is 23.2 Å². The summed E-state index contributed by atoms with van der Waals surface area (Å²) < 4.78 is 7.66. The lowest BCUT2D eigenvalue weighted by molar-refractivity contribution is -0.124. The Balaban J connectivity index is 1.36. The van der Waals surface area contributed by atoms with Crippen LogP contribution in [0.5, 0.6) is 5.75 Å². The molecule has 0 aliphatic carbocycles. The van der Waals surface area contributed by atoms with E-state index in [0.717, 1.165) is 73.7 Å². The summed E-state index contributed by atoms with van der Waals surface area (Å²) in [4.78, 5) is 17.1. The quantitative estimate of drug-likeness (QED) is 0.199. The Kier molecular flexibility index (Phi) is 8.75. The first-order valence-corrected chi connectivity index (χ1v) is 15.0. The van der Waals surface area contributed by atoms with Crippen LogP contribution in [0.15, 0.2) is 85.1 Å². The molecule has 42 heavy (non-hydrogen) atoms. The van der Waals surface area contributed by atoms with E-state index in [9.17, 15) is 4.79 Å². The van der Waals surface area contributed by atoms with Crippen molar-refractivity contribution >= 4 is 16.7 Å². The number of carbonyl (C=O) groups is 1. The average molecular weight is 562 g/mol. The van der Waals surface area contributed by atoms with Crippen LogP contribution in [0.25, 0.3) is 10.9 Å². The van der Waals surface area contributed by atoms with Crippen LogP contribution >= 0.6 is 0 Å². The molecular weight excluding hydrogens is 522 g/mol. The number of aromatic nitrogens is 4. The molecule has 1 fully saturated rings. The maximum absolute atomic E-state index is 13.7. The number of aryl methyl sites for hydroxylation is 2. The fourth-order valence-electron chi connectivity index (χ4n) is 6.20. The number of fused-ring (bicyclic) bond motifs is 1. The van der Waals surface area contributed by atoms with E-state index in [1.807, 2.05) is 24.3 Å². The highest BCUT2D eigenvalue weighted by molar-refractivity contribution is 5.84. The monoisotopic (exact) mass is 561 g/mol. The van der Waals surface area contributed by atoms with Crippen molar-refractivity contribution in [3.05, 3.63) is 113 Å². The summed E-state index contributed by atoms with van der Waals surface area (Å²) in [7, 11) is 1.68. The van der Waals surface area contributed by atoms with E-state index in [2.05, 4.69) is 75.7 Å². The lowest BCUT2D eigenvalue weighted by Crippen LogP contribution is -2.32. The molecule has 1 saturated heterocycles. The van der Waals surface area contributed by atoms with Gasteiger partial charge in [-0.25, -0.2) is 0 Å². The highest BCUT2D eigenvalue weighted by Gasteiger charge is 2.29. The number of benzene rings is 3. The standard InChI is InChI=1S/C35H39N5O2/c1-42-30-14-11-26(12-15-30)24-40-34(16-13-25-7-3-2-4-8-25)38-39-35(40)28(22-33(41)27-17-19-36-20-18-27)21-29-23-37-32-10-6-5-9-31(29)32/h2-12,14-15,23,27-28,36-37H,13,16-22,24H2,1H3/t28-/m0/s1. The number of piperidine rings is 1. The van der Waals surface area contributed by atoms with Crippen LogP contribution in [-0.2, 0) is 30.6 Å². The van der Waals surface area contributed by atoms with Gasteiger partial charge < -0.3 is 19.6 Å². The second-order valence-corrected chi connectivity index (χ2v) is 11.3. The van der Waals surface area contributed by atoms with Crippen molar-refractivity contribution in [1.29, 1.82) is 0 Å². The van der Waals surface area contributed by atoms with E-state index >= 15 is 0 Å². The molecule has 0 unspecified atom stereocenters. The van der Waals surface area contributed by atoms with Crippen molar-refractivity contribution in [1.82, 2.24) is 25.1 Å². The van der Waals surface area contributed by atoms with Gasteiger partial charge in [0.25, 0.3) is 0 Å². The number of carbonyl (C=O) groups excluding carboxylic acids is 1. The van der Waals surface area contributed by atoms with E-state index in [4.69, 9.17) is 14.9 Å². The van der Waals surface area contributed by atoms with Crippen LogP contribution in [-0.4, -0.2) is 45.7 Å². The van der Waals surface area contributed by atoms with Crippen molar-refractivity contribution in [3.8, 4) is 5.75 Å². The predicted molar refractivity (Wildman–Crippen MR) is 166 cm³/mol. The van der Waals surface area contributed by atoms with Crippen molar-refractivity contribution in [2.45, 2.75) is 51.0 Å². The van der Waals surface area contributed by atoms with Gasteiger partial charge in [-0.2, -0.15) is 0 Å². The Hall–Kier alpha value is -4.23. The molecule has 7 heteroatoms. The summed E-state index contributed by atoms with van der Waals surface area (Å²) in [6.45, 7) is 2.45. The lowest BCUT2D eigenvalue weighted by atomic mass is 9.85. The SMILES string of the molecule is COc1ccc(Cn2c(CCc3ccccc3)nnc2[C@H](CC(=O)C2CCNCC2)Cc2c[nH]c3ccccc23)cc1. The second kappa shape index (κ2) is 13.2. The van der Waals surface area contributed by atoms with Gasteiger partial charge in [-0.15, -0.1) is 10.2 Å². The summed E-state index contributed by atoms with van der Waals surface area (Å²) in [5.41, 5.74) is 4.74. The minimum atomic E-state index is -0.0807. The molecule has 1 aliphatic rings. The largest absolute Gasteiger partial charge is 0.497 e. The predicted octanol–water partition coefficient (Wildman–Crippen LogP) is 5.89. The molecule has 0 saturated carbocycles. The molecule has 0 spiro atoms. The van der Waals surface area contributed by atoms with Crippen molar-refractivity contribution in [2.24, 2.45) is 5.92 Å². The van der Waals surface area contributed by atoms with Gasteiger partial charge in [0.2, 0.25) is 0 Å². The van der Waals surface area contributed by atoms with Gasteiger partial charge in [0.05, 0.1) is 13.7 Å². The molecule has 5 aromatic rings. The van der Waals surface area contributed by atoms with Crippen LogP contribution < -0.4 is 10.1 Å². The van der Waals surface area contributed by atoms with Crippen molar-refractivity contribution < 1.29 is 9.53 Å². The highest BCUT2D eigenvalue weighted by atomic mass is 16.5. The average Bonchev–Trinajstić information content (AvgIpc) is 3.64. The summed E-state index contributed by atoms with van der Waals surface area (Å²) in [5, 5.41) is 14.2. The number of aromatic amines is 1. The number of ether oxygens (including phenoxy) is 1. The number of methoxy groups -OCH3 is 1. The second-order valence-electron chi connectivity index (χ2n) is 11.3. The number of Topliss-reactive ketones (excluding diaryl/α,β-unsaturated/α-hetero) is 1. The van der Waals surface area contributed by atoms with Gasteiger partial charge in [-0.05, 0) is 73.7 Å². The number of para-hydroxylation sites is 1. The van der Waals surface area contributed by atoms with Crippen molar-refractivity contribution in [3.63, 3.8) is 0 Å². The van der Waals surface area contributed by atoms with Gasteiger partial charge in [0, 0.05) is 41.8 Å². The van der Waals surface area contributed by atoms with E-state index in [1.165, 1.54) is 16.5 Å². The first kappa shape index (κ1) is 27.9. The summed E-state index contributed by atoms with van der Waals surface area (Å²) >= 11 is 0. The third kappa shape index (κ3) is 6.47. The lowest BCUT2D eigenvalue weighted by Gasteiger charge is -2.24. The minimum absolute atomic E-state index is 0.0807. The number of hydrogen-bond acceptors (Lipinski definition) is 5. The molecule has 2 N–H and O–H groups in total. The maximum Gasteiger partial charge on any atom is 0.137 e. The van der Waals surface area contributed by atoms with E-state index < -0.39 is 0 Å². The van der Waals surface area contributed by atoms with E-state index in [0.29, 0.717) is 18.7 Å². The third-order valence-corrected chi connectivity index (χ3v) is 8.58. The highest BCUT2D eigenvalue weighted by Crippen LogP contribution is 2.31. The zero-order valence-corrected chi connectivity index (χ0v) is 24.3. The smallest absolute Gasteiger partial charge is 0.137 e. The summed E-state index contributed by atoms with van der Waals surface area (Å²) in [5.74, 6) is 3.03. The Bertz CT molecular complexity index is 1600. The van der Waals surface area contributed by atoms with Crippen LogP contribution in [0.1, 0.15) is 53.5 Å². The van der Waals surface area contributed by atoms with Crippen LogP contribution in [0.2, 0.25) is 0 Å². The molecule has 0 radical (unpaired) electrons. The third-order valence-electron chi connectivity index (χ3n) is 8.58. The summed E-state index contributed by atoms with van der Waals surface area (Å²) in [6.07, 6.45) is 6.73. The number of H-pyrrole nitrogens is 1. The number of nitrogens with zero attached hydrogens (tertiary/aromatic N) is 3. The molecule has 1 atom stereocenters. The topological polar surface area (TPSA) is 84.8 Å². The molecule has 2 aromatic heterocycles. The molecular formula is C35H39N5O2. The first-order chi connectivity index (χ1) is 20.7. The minimum Gasteiger partial charge on any atom is -0.497 e. The molecule has 3 aromatic carbocycles. The van der Waals surface area contributed by atoms with Crippen molar-refractivity contribution in [2.75, 3.05) is 20.2 Å². The van der Waals surface area contributed by atoms with Gasteiger partial charge in [-0.3, -0.25) is 4.79 Å². The maximum atomic E-state index is 13.7. The van der Waals surface area contributed by atoms with Gasteiger partial charge in [-0.1, -0.05) is 60.7 Å². The molecule has 6 rings (SSSR count). The number of rotatable bonds is 12. The Morgan fingerprint density at radius 3 is 2.48 bits per heavy atom. The van der Waals surface area contributed by atoms with E-state index in [-0.39, 0.29) is 11.8 Å². The first-order valence-electron chi connectivity index (χ1n) is 15.0. The molecule has 0 bridgehead atoms. The van der Waals surface area contributed by atoms with E-state index in [1.54, 1.807) is 7.11 Å². The number of ketones is 1. The Morgan fingerprint density at radius 1 is 0.929 bits per heavy atom. The normalized spacial score (nSPS) is 14.7. The van der Waals surface area contributed by atoms with Gasteiger partial charge >= 0.3 is 0 Å². The molecule has 7 nitrogen and oxygen atoms in total. The zero-order chi connectivity index (χ0) is 28.7. The molecule has 0 amide bonds. The van der Waals surface area contributed by atoms with Gasteiger partial charge in [0.15, 0.2) is 0 Å². The fraction of sp³-hybridized carbons (Fsp3) is 0.343. The van der Waals surface area contributed by atoms with Crippen LogP contribution in [0.4, 0.5) is 0 Å². The zero-order valence-electron chi connectivity index (χ0n) is 24.3. The fourth-order valence-corrected chi connectivity index (χ4v) is 6.20. The van der Waals surface area contributed by atoms with Crippen LogP contribution in [0, 0.1) is 5.92 Å². The molecule has 216 valence electrons. The molecule has 3 heterocycles. The summed E-state index contributed by atoms with van der Waals surface area (Å²) in [6, 6.07) is 27.1. The Labute approximate surface area is 247 Å². The Morgan fingerprint density at radius 2 is 1.69 bits per heavy atom.